The molecule has 0 fully saturated rings. The maximum Gasteiger partial charge on any atom is 0.510 e. The van der Waals surface area contributed by atoms with Crippen molar-refractivity contribution in [3.8, 4) is 0 Å². The van der Waals surface area contributed by atoms with E-state index in [-0.39, 0.29) is 12.0 Å². The number of nitrogens with one attached hydrogen (secondary N) is 1. The highest BCUT2D eigenvalue weighted by molar-refractivity contribution is 5.75. The molecule has 0 aliphatic carbocycles. The van der Waals surface area contributed by atoms with Crippen LogP contribution in [0.15, 0.2) is 24.3 Å². The van der Waals surface area contributed by atoms with Gasteiger partial charge in [0.2, 0.25) is 0 Å². The molecule has 8 heteroatoms. The first-order chi connectivity index (χ1) is 16.6. The Morgan fingerprint density at radius 1 is 0.784 bits per heavy atom. The number of ether oxygens (including phenoxy) is 4. The molecule has 1 aromatic carbocycles. The van der Waals surface area contributed by atoms with Gasteiger partial charge >= 0.3 is 18.2 Å². The Morgan fingerprint density at radius 2 is 1.30 bits per heavy atom. The molecule has 0 aliphatic rings. The van der Waals surface area contributed by atoms with Gasteiger partial charge in [-0.15, -0.1) is 0 Å². The average Bonchev–Trinajstić information content (AvgIpc) is 2.66. The van der Waals surface area contributed by atoms with Gasteiger partial charge in [0.05, 0.1) is 17.9 Å². The molecule has 2 unspecified atom stereocenters. The van der Waals surface area contributed by atoms with Crippen LogP contribution in [0.2, 0.25) is 0 Å². The number of rotatable bonds is 7. The molecule has 0 spiro atoms. The van der Waals surface area contributed by atoms with Crippen LogP contribution in [0.5, 0.6) is 0 Å². The van der Waals surface area contributed by atoms with Gasteiger partial charge in [-0.05, 0) is 85.3 Å². The zero-order valence-electron chi connectivity index (χ0n) is 24.7. The molecular weight excluding hydrogens is 474 g/mol. The topological polar surface area (TPSA) is 100 Å². The number of hydrogen-bond acceptors (Lipinski definition) is 7. The fourth-order valence-electron chi connectivity index (χ4n) is 3.14. The van der Waals surface area contributed by atoms with E-state index >= 15 is 0 Å². The molecule has 0 radical (unpaired) electrons. The Labute approximate surface area is 222 Å². The Hall–Kier alpha value is -2.77. The van der Waals surface area contributed by atoms with Crippen molar-refractivity contribution in [2.24, 2.45) is 11.3 Å². The van der Waals surface area contributed by atoms with Crippen LogP contribution in [0.1, 0.15) is 94.2 Å². The highest BCUT2D eigenvalue weighted by atomic mass is 16.7. The summed E-state index contributed by atoms with van der Waals surface area (Å²) >= 11 is 0. The Kier molecular flexibility index (Phi) is 10.6. The summed E-state index contributed by atoms with van der Waals surface area (Å²) in [4.78, 5) is 37.8. The van der Waals surface area contributed by atoms with E-state index in [0.717, 1.165) is 5.56 Å². The van der Waals surface area contributed by atoms with Crippen LogP contribution in [0.3, 0.4) is 0 Å². The maximum absolute atomic E-state index is 12.7. The van der Waals surface area contributed by atoms with Gasteiger partial charge in [0.25, 0.3) is 0 Å². The summed E-state index contributed by atoms with van der Waals surface area (Å²) in [6, 6.07) is 8.05. The minimum atomic E-state index is -1.18. The molecule has 1 rings (SSSR count). The SMILES string of the molecule is CC(C)(C)OC(=O)NC(OC(=O)OC(C)(C)C)C(COC(=O)C(C)(C)C)Cc1ccc(C(C)(C)C)cc1. The molecule has 0 bridgehead atoms. The Morgan fingerprint density at radius 3 is 1.73 bits per heavy atom. The van der Waals surface area contributed by atoms with Crippen LogP contribution in [0, 0.1) is 11.3 Å². The molecule has 1 N–H and O–H groups in total. The lowest BCUT2D eigenvalue weighted by Crippen LogP contribution is -2.48. The number of carbonyl (C=O) groups excluding carboxylic acids is 3. The smallest absolute Gasteiger partial charge is 0.465 e. The van der Waals surface area contributed by atoms with Gasteiger partial charge in [-0.2, -0.15) is 0 Å². The van der Waals surface area contributed by atoms with Crippen molar-refractivity contribution in [1.29, 1.82) is 0 Å². The predicted octanol–water partition coefficient (Wildman–Crippen LogP) is 6.53. The van der Waals surface area contributed by atoms with Crippen molar-refractivity contribution in [3.05, 3.63) is 35.4 Å². The first-order valence-electron chi connectivity index (χ1n) is 12.7. The number of esters is 1. The highest BCUT2D eigenvalue weighted by Crippen LogP contribution is 2.25. The van der Waals surface area contributed by atoms with Crippen LogP contribution >= 0.6 is 0 Å². The van der Waals surface area contributed by atoms with Crippen molar-refractivity contribution >= 4 is 18.2 Å². The molecule has 0 aliphatic heterocycles. The molecule has 1 amide bonds. The third-order valence-electron chi connectivity index (χ3n) is 5.06. The molecule has 8 nitrogen and oxygen atoms in total. The van der Waals surface area contributed by atoms with Crippen molar-refractivity contribution in [2.45, 2.75) is 112 Å². The van der Waals surface area contributed by atoms with Crippen LogP contribution < -0.4 is 5.32 Å². The summed E-state index contributed by atoms with van der Waals surface area (Å²) in [5.74, 6) is -1.03. The molecule has 210 valence electrons. The van der Waals surface area contributed by atoms with Crippen molar-refractivity contribution < 1.29 is 33.3 Å². The van der Waals surface area contributed by atoms with E-state index in [1.807, 2.05) is 24.3 Å². The number of carbonyl (C=O) groups is 3. The van der Waals surface area contributed by atoms with Crippen LogP contribution in [-0.4, -0.2) is 42.3 Å². The summed E-state index contributed by atoms with van der Waals surface area (Å²) < 4.78 is 21.9. The molecule has 37 heavy (non-hydrogen) atoms. The third-order valence-corrected chi connectivity index (χ3v) is 5.06. The van der Waals surface area contributed by atoms with Gasteiger partial charge in [-0.25, -0.2) is 9.59 Å². The molecule has 0 saturated heterocycles. The zero-order chi connectivity index (χ0) is 28.8. The number of hydrogen-bond donors (Lipinski definition) is 1. The van der Waals surface area contributed by atoms with E-state index in [2.05, 4.69) is 26.1 Å². The van der Waals surface area contributed by atoms with Gasteiger partial charge in [0.1, 0.15) is 11.2 Å². The summed E-state index contributed by atoms with van der Waals surface area (Å²) in [6.07, 6.45) is -2.55. The van der Waals surface area contributed by atoms with E-state index in [0.29, 0.717) is 6.42 Å². The largest absolute Gasteiger partial charge is 0.510 e. The van der Waals surface area contributed by atoms with Gasteiger partial charge in [0, 0.05) is 0 Å². The maximum atomic E-state index is 12.7. The van der Waals surface area contributed by atoms with Crippen molar-refractivity contribution in [2.75, 3.05) is 6.61 Å². The van der Waals surface area contributed by atoms with Gasteiger partial charge in [-0.1, -0.05) is 45.0 Å². The van der Waals surface area contributed by atoms with Gasteiger partial charge in [0.15, 0.2) is 6.23 Å². The lowest BCUT2D eigenvalue weighted by molar-refractivity contribution is -0.156. The fraction of sp³-hybridized carbons (Fsp3) is 0.690. The highest BCUT2D eigenvalue weighted by Gasteiger charge is 2.34. The summed E-state index contributed by atoms with van der Waals surface area (Å²) in [5, 5.41) is 2.63. The van der Waals surface area contributed by atoms with Gasteiger partial charge < -0.3 is 18.9 Å². The first kappa shape index (κ1) is 32.3. The molecule has 0 heterocycles. The van der Waals surface area contributed by atoms with Crippen molar-refractivity contribution in [3.63, 3.8) is 0 Å². The number of alkyl carbamates (subject to hydrolysis) is 1. The second kappa shape index (κ2) is 12.2. The Balaban J connectivity index is 3.32. The second-order valence-electron chi connectivity index (χ2n) is 13.4. The second-order valence-corrected chi connectivity index (χ2v) is 13.4. The van der Waals surface area contributed by atoms with Crippen LogP contribution in [-0.2, 0) is 35.6 Å². The molecule has 0 aromatic heterocycles. The molecular formula is C29H47NO7. The lowest BCUT2D eigenvalue weighted by atomic mass is 9.86. The number of benzene rings is 1. The normalized spacial score (nSPS) is 14.3. The predicted molar refractivity (Wildman–Crippen MR) is 143 cm³/mol. The quantitative estimate of drug-likeness (QED) is 0.247. The van der Waals surface area contributed by atoms with Gasteiger partial charge in [-0.3, -0.25) is 10.1 Å². The lowest BCUT2D eigenvalue weighted by Gasteiger charge is -2.30. The average molecular weight is 522 g/mol. The zero-order valence-corrected chi connectivity index (χ0v) is 24.7. The van der Waals surface area contributed by atoms with E-state index in [4.69, 9.17) is 18.9 Å². The van der Waals surface area contributed by atoms with Crippen molar-refractivity contribution in [1.82, 2.24) is 5.32 Å². The summed E-state index contributed by atoms with van der Waals surface area (Å²) in [5.41, 5.74) is -0.212. The molecule has 0 saturated carbocycles. The molecule has 1 aromatic rings. The van der Waals surface area contributed by atoms with E-state index in [9.17, 15) is 14.4 Å². The van der Waals surface area contributed by atoms with Crippen LogP contribution in [0.4, 0.5) is 9.59 Å². The molecule has 2 atom stereocenters. The van der Waals surface area contributed by atoms with E-state index in [1.165, 1.54) is 5.56 Å². The van der Waals surface area contributed by atoms with E-state index < -0.39 is 47.0 Å². The minimum Gasteiger partial charge on any atom is -0.465 e. The first-order valence-corrected chi connectivity index (χ1v) is 12.7. The standard InChI is InChI=1S/C29H47NO7/c1-26(2,3)21-15-13-19(14-16-21)17-20(18-34-23(31)27(4,5)6)22(30-24(32)36-28(7,8)9)35-25(33)37-29(10,11)12/h13-16,20,22H,17-18H2,1-12H3,(H,30,32). The summed E-state index contributed by atoms with van der Waals surface area (Å²) in [7, 11) is 0. The Bertz CT molecular complexity index is 880. The third kappa shape index (κ3) is 12.8. The minimum absolute atomic E-state index is 0.0131. The number of amides is 1. The summed E-state index contributed by atoms with van der Waals surface area (Å²) in [6.45, 7) is 21.9. The fourth-order valence-corrected chi connectivity index (χ4v) is 3.14. The van der Waals surface area contributed by atoms with Crippen LogP contribution in [0.25, 0.3) is 0 Å². The monoisotopic (exact) mass is 521 g/mol. The van der Waals surface area contributed by atoms with E-state index in [1.54, 1.807) is 62.3 Å².